The number of carboxylic acids is 1. The van der Waals surface area contributed by atoms with E-state index in [9.17, 15) is 9.59 Å². The first-order valence-electron chi connectivity index (χ1n) is 6.05. The van der Waals surface area contributed by atoms with Gasteiger partial charge in [0.2, 0.25) is 0 Å². The fourth-order valence-corrected chi connectivity index (χ4v) is 1.75. The van der Waals surface area contributed by atoms with Gasteiger partial charge in [-0.25, -0.2) is 9.78 Å². The number of amides is 1. The number of nitrogens with zero attached hydrogens (tertiary/aromatic N) is 1. The van der Waals surface area contributed by atoms with Gasteiger partial charge < -0.3 is 10.4 Å². The molecule has 0 atom stereocenters. The van der Waals surface area contributed by atoms with Gasteiger partial charge in [0, 0.05) is 17.4 Å². The van der Waals surface area contributed by atoms with E-state index in [0.717, 1.165) is 11.1 Å². The Labute approximate surface area is 116 Å². The van der Waals surface area contributed by atoms with Crippen LogP contribution in [0.4, 0.5) is 5.69 Å². The van der Waals surface area contributed by atoms with Gasteiger partial charge >= 0.3 is 5.97 Å². The number of rotatable bonds is 3. The third kappa shape index (κ3) is 3.00. The molecule has 5 nitrogen and oxygen atoms in total. The lowest BCUT2D eigenvalue weighted by Gasteiger charge is -2.09. The fourth-order valence-electron chi connectivity index (χ4n) is 1.75. The Morgan fingerprint density at radius 2 is 1.90 bits per heavy atom. The van der Waals surface area contributed by atoms with Crippen LogP contribution >= 0.6 is 0 Å². The molecule has 5 heteroatoms. The van der Waals surface area contributed by atoms with Crippen molar-refractivity contribution in [3.05, 3.63) is 58.9 Å². The minimum absolute atomic E-state index is 0.154. The van der Waals surface area contributed by atoms with Crippen molar-refractivity contribution in [3.63, 3.8) is 0 Å². The first-order chi connectivity index (χ1) is 9.47. The van der Waals surface area contributed by atoms with E-state index in [0.29, 0.717) is 5.69 Å². The van der Waals surface area contributed by atoms with Crippen molar-refractivity contribution >= 4 is 17.6 Å². The monoisotopic (exact) mass is 270 g/mol. The maximum atomic E-state index is 12.1. The smallest absolute Gasteiger partial charge is 0.354 e. The van der Waals surface area contributed by atoms with Crippen LogP contribution in [0.15, 0.2) is 36.5 Å². The van der Waals surface area contributed by atoms with Crippen molar-refractivity contribution in [2.75, 3.05) is 5.32 Å². The summed E-state index contributed by atoms with van der Waals surface area (Å²) in [6.07, 6.45) is 1.31. The maximum absolute atomic E-state index is 12.1. The Kier molecular flexibility index (Phi) is 3.79. The highest BCUT2D eigenvalue weighted by Crippen LogP contribution is 2.17. The van der Waals surface area contributed by atoms with Gasteiger partial charge in [0.25, 0.3) is 5.91 Å². The van der Waals surface area contributed by atoms with Crippen LogP contribution in [0.5, 0.6) is 0 Å². The third-order valence-corrected chi connectivity index (χ3v) is 2.88. The lowest BCUT2D eigenvalue weighted by atomic mass is 10.1. The topological polar surface area (TPSA) is 79.3 Å². The molecule has 0 aliphatic heterocycles. The average Bonchev–Trinajstić information content (AvgIpc) is 2.43. The van der Waals surface area contributed by atoms with E-state index in [1.807, 2.05) is 32.0 Å². The highest BCUT2D eigenvalue weighted by molar-refractivity contribution is 6.05. The number of carbonyl (C=O) groups is 2. The molecule has 1 aromatic heterocycles. The van der Waals surface area contributed by atoms with Gasteiger partial charge in [-0.2, -0.15) is 0 Å². The molecule has 0 saturated heterocycles. The van der Waals surface area contributed by atoms with Crippen LogP contribution in [0.1, 0.15) is 32.0 Å². The Hall–Kier alpha value is -2.69. The third-order valence-electron chi connectivity index (χ3n) is 2.88. The van der Waals surface area contributed by atoms with E-state index in [4.69, 9.17) is 5.11 Å². The quantitative estimate of drug-likeness (QED) is 0.898. The summed E-state index contributed by atoms with van der Waals surface area (Å²) < 4.78 is 0. The summed E-state index contributed by atoms with van der Waals surface area (Å²) in [5, 5.41) is 11.6. The molecule has 20 heavy (non-hydrogen) atoms. The molecule has 0 spiro atoms. The van der Waals surface area contributed by atoms with E-state index in [1.54, 1.807) is 0 Å². The van der Waals surface area contributed by atoms with Gasteiger partial charge in [-0.1, -0.05) is 12.1 Å². The van der Waals surface area contributed by atoms with Crippen molar-refractivity contribution in [3.8, 4) is 0 Å². The zero-order chi connectivity index (χ0) is 14.7. The molecule has 0 unspecified atom stereocenters. The molecule has 1 amide bonds. The van der Waals surface area contributed by atoms with Gasteiger partial charge in [0.1, 0.15) is 5.69 Å². The predicted octanol–water partition coefficient (Wildman–Crippen LogP) is 2.65. The summed E-state index contributed by atoms with van der Waals surface area (Å²) in [5.74, 6) is -1.52. The maximum Gasteiger partial charge on any atom is 0.354 e. The first-order valence-corrected chi connectivity index (χ1v) is 6.05. The Morgan fingerprint density at radius 3 is 2.60 bits per heavy atom. The zero-order valence-electron chi connectivity index (χ0n) is 11.2. The van der Waals surface area contributed by atoms with Crippen molar-refractivity contribution in [1.29, 1.82) is 0 Å². The number of carbonyl (C=O) groups excluding carboxylic acids is 1. The molecule has 2 rings (SSSR count). The van der Waals surface area contributed by atoms with Crippen LogP contribution in [-0.4, -0.2) is 22.0 Å². The van der Waals surface area contributed by atoms with Crippen molar-refractivity contribution < 1.29 is 14.7 Å². The standard InChI is InChI=1S/C15H14N2O3/c1-9-3-4-10(2)12(7-9)17-14(18)11-5-6-16-13(8-11)15(19)20/h3-8H,1-2H3,(H,17,18)(H,19,20). The largest absolute Gasteiger partial charge is 0.477 e. The Morgan fingerprint density at radius 1 is 1.15 bits per heavy atom. The highest BCUT2D eigenvalue weighted by atomic mass is 16.4. The molecule has 0 aliphatic carbocycles. The van der Waals surface area contributed by atoms with E-state index in [2.05, 4.69) is 10.3 Å². The first kappa shape index (κ1) is 13.7. The normalized spacial score (nSPS) is 10.1. The second-order valence-corrected chi connectivity index (χ2v) is 4.51. The van der Waals surface area contributed by atoms with Crippen LogP contribution in [0.3, 0.4) is 0 Å². The number of aromatic nitrogens is 1. The number of pyridine rings is 1. The molecule has 2 aromatic rings. The van der Waals surface area contributed by atoms with E-state index in [-0.39, 0.29) is 17.2 Å². The van der Waals surface area contributed by atoms with Gasteiger partial charge in [0.05, 0.1) is 0 Å². The molecule has 0 radical (unpaired) electrons. The van der Waals surface area contributed by atoms with Gasteiger partial charge in [-0.05, 0) is 43.2 Å². The number of aromatic carboxylic acids is 1. The Bertz CT molecular complexity index is 681. The van der Waals surface area contributed by atoms with Crippen molar-refractivity contribution in [2.24, 2.45) is 0 Å². The molecular weight excluding hydrogens is 256 g/mol. The molecule has 0 fully saturated rings. The summed E-state index contributed by atoms with van der Waals surface area (Å²) in [6, 6.07) is 8.47. The Balaban J connectivity index is 2.26. The molecule has 2 N–H and O–H groups in total. The molecular formula is C15H14N2O3. The number of hydrogen-bond donors (Lipinski definition) is 2. The average molecular weight is 270 g/mol. The minimum atomic E-state index is -1.16. The number of carboxylic acid groups (broad SMARTS) is 1. The lowest BCUT2D eigenvalue weighted by Crippen LogP contribution is -2.14. The van der Waals surface area contributed by atoms with E-state index >= 15 is 0 Å². The number of anilines is 1. The van der Waals surface area contributed by atoms with Crippen LogP contribution in [0.25, 0.3) is 0 Å². The van der Waals surface area contributed by atoms with E-state index in [1.165, 1.54) is 18.3 Å². The number of aryl methyl sites for hydroxylation is 2. The predicted molar refractivity (Wildman–Crippen MR) is 75.1 cm³/mol. The van der Waals surface area contributed by atoms with Crippen LogP contribution in [0.2, 0.25) is 0 Å². The van der Waals surface area contributed by atoms with Crippen LogP contribution in [0, 0.1) is 13.8 Å². The fraction of sp³-hybridized carbons (Fsp3) is 0.133. The molecule has 102 valence electrons. The number of nitrogens with one attached hydrogen (secondary N) is 1. The molecule has 1 heterocycles. The van der Waals surface area contributed by atoms with Crippen molar-refractivity contribution in [1.82, 2.24) is 4.98 Å². The number of hydrogen-bond acceptors (Lipinski definition) is 3. The van der Waals surface area contributed by atoms with Crippen LogP contribution < -0.4 is 5.32 Å². The van der Waals surface area contributed by atoms with Gasteiger partial charge in [-0.3, -0.25) is 4.79 Å². The zero-order valence-corrected chi connectivity index (χ0v) is 11.2. The minimum Gasteiger partial charge on any atom is -0.477 e. The second kappa shape index (κ2) is 5.52. The molecule has 0 aliphatic rings. The summed E-state index contributed by atoms with van der Waals surface area (Å²) in [4.78, 5) is 26.6. The second-order valence-electron chi connectivity index (χ2n) is 4.51. The van der Waals surface area contributed by atoms with Gasteiger partial charge in [0.15, 0.2) is 0 Å². The van der Waals surface area contributed by atoms with Crippen molar-refractivity contribution in [2.45, 2.75) is 13.8 Å². The molecule has 1 aromatic carbocycles. The van der Waals surface area contributed by atoms with E-state index < -0.39 is 5.97 Å². The summed E-state index contributed by atoms with van der Waals surface area (Å²) in [7, 11) is 0. The number of benzene rings is 1. The summed E-state index contributed by atoms with van der Waals surface area (Å²) in [5.41, 5.74) is 2.80. The summed E-state index contributed by atoms with van der Waals surface area (Å²) in [6.45, 7) is 3.83. The van der Waals surface area contributed by atoms with Crippen LogP contribution in [-0.2, 0) is 0 Å². The highest BCUT2D eigenvalue weighted by Gasteiger charge is 2.11. The summed E-state index contributed by atoms with van der Waals surface area (Å²) >= 11 is 0. The van der Waals surface area contributed by atoms with Gasteiger partial charge in [-0.15, -0.1) is 0 Å². The lowest BCUT2D eigenvalue weighted by molar-refractivity contribution is 0.0690. The molecule has 0 bridgehead atoms. The molecule has 0 saturated carbocycles. The SMILES string of the molecule is Cc1ccc(C)c(NC(=O)c2ccnc(C(=O)O)c2)c1.